The number of aromatic nitrogens is 1. The quantitative estimate of drug-likeness (QED) is 0.132. The monoisotopic (exact) mass is 967 g/mol. The molecule has 2 aromatic heterocycles. The van der Waals surface area contributed by atoms with Gasteiger partial charge in [0.1, 0.15) is 11.2 Å². The fraction of sp³-hybridized carbons (Fsp3) is 0.0270. The van der Waals surface area contributed by atoms with Crippen LogP contribution in [0.1, 0.15) is 44.9 Å². The summed E-state index contributed by atoms with van der Waals surface area (Å²) in [7, 11) is 0. The Morgan fingerprint density at radius 2 is 0.803 bits per heavy atom. The molecule has 15 rings (SSSR count). The Kier molecular flexibility index (Phi) is 10.2. The lowest BCUT2D eigenvalue weighted by atomic mass is 9.64. The second-order valence-electron chi connectivity index (χ2n) is 20.3. The van der Waals surface area contributed by atoms with Crippen LogP contribution in [-0.4, -0.2) is 4.57 Å². The highest BCUT2D eigenvalue weighted by Gasteiger charge is 2.39. The van der Waals surface area contributed by atoms with Crippen molar-refractivity contribution in [3.8, 4) is 50.2 Å². The molecule has 1 aliphatic carbocycles. The zero-order chi connectivity index (χ0) is 50.2. The Morgan fingerprint density at radius 3 is 1.46 bits per heavy atom. The maximum absolute atomic E-state index is 6.64. The van der Waals surface area contributed by atoms with Gasteiger partial charge in [-0.15, -0.1) is 0 Å². The van der Waals surface area contributed by atoms with Gasteiger partial charge in [0.15, 0.2) is 0 Å². The van der Waals surface area contributed by atoms with Crippen LogP contribution in [0, 0.1) is 0 Å². The number of benzene rings is 12. The van der Waals surface area contributed by atoms with E-state index in [1.807, 2.05) is 6.07 Å². The van der Waals surface area contributed by atoms with Crippen molar-refractivity contribution in [2.24, 2.45) is 0 Å². The summed E-state index contributed by atoms with van der Waals surface area (Å²) in [6, 6.07) is 107. The molecule has 0 saturated carbocycles. The van der Waals surface area contributed by atoms with Crippen molar-refractivity contribution < 1.29 is 4.42 Å². The summed E-state index contributed by atoms with van der Waals surface area (Å²) in [5.41, 5.74) is 22.8. The van der Waals surface area contributed by atoms with Crippen molar-refractivity contribution in [3.63, 3.8) is 0 Å². The molecule has 1 atom stereocenters. The molecule has 76 heavy (non-hydrogen) atoms. The number of hydrogen-bond donors (Lipinski definition) is 0. The van der Waals surface area contributed by atoms with Gasteiger partial charge in [0.05, 0.1) is 16.4 Å². The highest BCUT2D eigenvalue weighted by Crippen LogP contribution is 2.52. The van der Waals surface area contributed by atoms with Gasteiger partial charge in [0.25, 0.3) is 0 Å². The first-order valence-corrected chi connectivity index (χ1v) is 26.3. The first-order chi connectivity index (χ1) is 37.7. The SMILES string of the molecule is c1ccc(C2c3ccc(-c4cc(-c5ccc6c(c5)c5ccccc5n6-c5ccccc5)cc(C(c5ccccc5)(c5ccccc5)c5ccccc5)c4)cc3-c3cc(-c4cccc5c4oc4ccccc45)ccc32)cc1. The van der Waals surface area contributed by atoms with Crippen molar-refractivity contribution in [3.05, 3.63) is 330 Å². The largest absolute Gasteiger partial charge is 0.455 e. The van der Waals surface area contributed by atoms with Crippen LogP contribution in [0.4, 0.5) is 0 Å². The van der Waals surface area contributed by atoms with Crippen molar-refractivity contribution in [1.82, 2.24) is 4.57 Å². The molecule has 0 saturated heterocycles. The average Bonchev–Trinajstić information content (AvgIpc) is 4.18. The van der Waals surface area contributed by atoms with E-state index in [0.29, 0.717) is 0 Å². The predicted octanol–water partition coefficient (Wildman–Crippen LogP) is 19.2. The Bertz CT molecular complexity index is 4400. The van der Waals surface area contributed by atoms with E-state index >= 15 is 0 Å². The van der Waals surface area contributed by atoms with Crippen LogP contribution in [0.5, 0.6) is 0 Å². The van der Waals surface area contributed by atoms with Crippen LogP contribution in [0.2, 0.25) is 0 Å². The first-order valence-electron chi connectivity index (χ1n) is 26.3. The number of furan rings is 1. The molecule has 0 N–H and O–H groups in total. The van der Waals surface area contributed by atoms with Crippen LogP contribution < -0.4 is 0 Å². The lowest BCUT2D eigenvalue weighted by Crippen LogP contribution is -2.31. The Balaban J connectivity index is 0.983. The Morgan fingerprint density at radius 1 is 0.303 bits per heavy atom. The Labute approximate surface area is 442 Å². The molecule has 12 aromatic carbocycles. The molecular weight excluding hydrogens is 919 g/mol. The van der Waals surface area contributed by atoms with Crippen molar-refractivity contribution in [2.75, 3.05) is 0 Å². The highest BCUT2D eigenvalue weighted by molar-refractivity contribution is 6.11. The molecule has 2 heterocycles. The molecule has 1 aliphatic rings. The fourth-order valence-electron chi connectivity index (χ4n) is 12.8. The normalized spacial score (nSPS) is 13.1. The van der Waals surface area contributed by atoms with Gasteiger partial charge < -0.3 is 8.98 Å². The lowest BCUT2D eigenvalue weighted by Gasteiger charge is -2.37. The second kappa shape index (κ2) is 17.7. The van der Waals surface area contributed by atoms with Gasteiger partial charge in [-0.1, -0.05) is 224 Å². The van der Waals surface area contributed by atoms with E-state index in [9.17, 15) is 0 Å². The molecule has 0 radical (unpaired) electrons. The molecule has 356 valence electrons. The van der Waals surface area contributed by atoms with E-state index in [4.69, 9.17) is 4.42 Å². The molecule has 14 aromatic rings. The summed E-state index contributed by atoms with van der Waals surface area (Å²) < 4.78 is 9.04. The third-order valence-corrected chi connectivity index (χ3v) is 16.2. The minimum absolute atomic E-state index is 0.0878. The summed E-state index contributed by atoms with van der Waals surface area (Å²) >= 11 is 0. The van der Waals surface area contributed by atoms with Gasteiger partial charge in [0, 0.05) is 38.7 Å². The maximum Gasteiger partial charge on any atom is 0.143 e. The summed E-state index contributed by atoms with van der Waals surface area (Å²) in [6.07, 6.45) is 0. The maximum atomic E-state index is 6.64. The number of hydrogen-bond acceptors (Lipinski definition) is 1. The summed E-state index contributed by atoms with van der Waals surface area (Å²) in [6.45, 7) is 0. The number of para-hydroxylation sites is 4. The van der Waals surface area contributed by atoms with Gasteiger partial charge in [-0.3, -0.25) is 0 Å². The van der Waals surface area contributed by atoms with Crippen molar-refractivity contribution in [1.29, 1.82) is 0 Å². The van der Waals surface area contributed by atoms with Crippen LogP contribution in [-0.2, 0) is 5.41 Å². The van der Waals surface area contributed by atoms with Gasteiger partial charge in [0.2, 0.25) is 0 Å². The van der Waals surface area contributed by atoms with E-state index in [-0.39, 0.29) is 5.92 Å². The van der Waals surface area contributed by atoms with E-state index in [1.165, 1.54) is 71.9 Å². The minimum atomic E-state index is -0.670. The van der Waals surface area contributed by atoms with Gasteiger partial charge in [-0.05, 0) is 145 Å². The average molecular weight is 968 g/mol. The second-order valence-corrected chi connectivity index (χ2v) is 20.3. The third-order valence-electron chi connectivity index (χ3n) is 16.2. The minimum Gasteiger partial charge on any atom is -0.455 e. The van der Waals surface area contributed by atoms with Gasteiger partial charge >= 0.3 is 0 Å². The number of rotatable bonds is 9. The van der Waals surface area contributed by atoms with Crippen LogP contribution in [0.25, 0.3) is 93.9 Å². The molecule has 0 bridgehead atoms. The summed E-state index contributed by atoms with van der Waals surface area (Å²) in [4.78, 5) is 0. The molecule has 0 fully saturated rings. The van der Waals surface area contributed by atoms with Crippen LogP contribution >= 0.6 is 0 Å². The molecular formula is C74H49NO. The molecule has 2 heteroatoms. The number of nitrogens with zero attached hydrogens (tertiary/aromatic N) is 1. The molecule has 2 nitrogen and oxygen atoms in total. The molecule has 0 aliphatic heterocycles. The fourth-order valence-corrected chi connectivity index (χ4v) is 12.8. The van der Waals surface area contributed by atoms with Gasteiger partial charge in [-0.2, -0.15) is 0 Å². The highest BCUT2D eigenvalue weighted by atomic mass is 16.3. The Hall–Kier alpha value is -9.76. The van der Waals surface area contributed by atoms with Gasteiger partial charge in [-0.25, -0.2) is 0 Å². The van der Waals surface area contributed by atoms with E-state index in [0.717, 1.165) is 61.0 Å². The van der Waals surface area contributed by atoms with Crippen LogP contribution in [0.15, 0.2) is 296 Å². The third kappa shape index (κ3) is 6.88. The molecule has 1 unspecified atom stereocenters. The predicted molar refractivity (Wildman–Crippen MR) is 316 cm³/mol. The molecule has 0 amide bonds. The van der Waals surface area contributed by atoms with Crippen molar-refractivity contribution >= 4 is 43.7 Å². The topological polar surface area (TPSA) is 18.1 Å². The number of fused-ring (bicyclic) bond motifs is 9. The van der Waals surface area contributed by atoms with Crippen molar-refractivity contribution in [2.45, 2.75) is 11.3 Å². The molecule has 0 spiro atoms. The zero-order valence-electron chi connectivity index (χ0n) is 41.6. The van der Waals surface area contributed by atoms with E-state index in [2.05, 4.69) is 290 Å². The van der Waals surface area contributed by atoms with Crippen LogP contribution in [0.3, 0.4) is 0 Å². The zero-order valence-corrected chi connectivity index (χ0v) is 41.6. The first kappa shape index (κ1) is 43.8. The summed E-state index contributed by atoms with van der Waals surface area (Å²) in [5.74, 6) is 0.0878. The van der Waals surface area contributed by atoms with E-state index < -0.39 is 5.41 Å². The smallest absolute Gasteiger partial charge is 0.143 e. The standard InChI is InChI=1S/C74H49NO/c1-6-21-49(22-7-1)72-63-40-37-50(46-66(63)67-48-52(38-41-64(67)72)60-33-20-34-65-62-32-17-19-36-71(62)76-73(60)65)53-43-54(51-39-42-70-68(47-51)61-31-16-18-35-69(61)75(70)59-29-14-5-15-30-59)45-58(44-53)74(55-23-8-2-9-24-55,56-25-10-3-11-26-56)57-27-12-4-13-28-57/h1-48,72H. The van der Waals surface area contributed by atoms with E-state index in [1.54, 1.807) is 0 Å². The lowest BCUT2D eigenvalue weighted by molar-refractivity contribution is 0.670. The summed E-state index contributed by atoms with van der Waals surface area (Å²) in [5, 5.41) is 4.72.